The summed E-state index contributed by atoms with van der Waals surface area (Å²) in [7, 11) is 0. The fraction of sp³-hybridized carbons (Fsp3) is 0.538. The van der Waals surface area contributed by atoms with E-state index in [-0.39, 0.29) is 30.7 Å². The summed E-state index contributed by atoms with van der Waals surface area (Å²) >= 11 is 0. The van der Waals surface area contributed by atoms with E-state index in [9.17, 15) is 4.79 Å². The van der Waals surface area contributed by atoms with Gasteiger partial charge in [-0.2, -0.15) is 0 Å². The minimum atomic E-state index is -0.465. The molecule has 1 heterocycles. The molecule has 1 amide bonds. The summed E-state index contributed by atoms with van der Waals surface area (Å²) in [5.41, 5.74) is 6.33. The van der Waals surface area contributed by atoms with Crippen molar-refractivity contribution in [1.29, 1.82) is 0 Å². The van der Waals surface area contributed by atoms with Gasteiger partial charge in [0.05, 0.1) is 17.9 Å². The fourth-order valence-corrected chi connectivity index (χ4v) is 1.62. The number of carbonyl (C=O) groups excluding carboxylic acids is 1. The van der Waals surface area contributed by atoms with Crippen LogP contribution < -0.4 is 16.0 Å². The number of carbonyl (C=O) groups is 1. The van der Waals surface area contributed by atoms with Crippen LogP contribution in [0.1, 0.15) is 27.2 Å². The summed E-state index contributed by atoms with van der Waals surface area (Å²) in [4.78, 5) is 18.1. The van der Waals surface area contributed by atoms with Crippen molar-refractivity contribution < 1.29 is 4.79 Å². The van der Waals surface area contributed by atoms with E-state index in [2.05, 4.69) is 29.0 Å². The third-order valence-corrected chi connectivity index (χ3v) is 2.88. The molecule has 1 aromatic rings. The summed E-state index contributed by atoms with van der Waals surface area (Å²) in [5, 5.41) is 2.75. The van der Waals surface area contributed by atoms with Gasteiger partial charge in [-0.15, -0.1) is 24.8 Å². The Morgan fingerprint density at radius 3 is 2.30 bits per heavy atom. The molecule has 0 radical (unpaired) electrons. The highest BCUT2D eigenvalue weighted by molar-refractivity contribution is 5.94. The van der Waals surface area contributed by atoms with Crippen LogP contribution >= 0.6 is 24.8 Å². The van der Waals surface area contributed by atoms with Crippen LogP contribution in [0, 0.1) is 0 Å². The third kappa shape index (κ3) is 5.94. The van der Waals surface area contributed by atoms with E-state index in [1.54, 1.807) is 6.20 Å². The molecule has 0 fully saturated rings. The lowest BCUT2D eigenvalue weighted by atomic mass is 10.2. The van der Waals surface area contributed by atoms with E-state index in [1.165, 1.54) is 0 Å². The summed E-state index contributed by atoms with van der Waals surface area (Å²) in [6.45, 7) is 7.88. The van der Waals surface area contributed by atoms with Crippen LogP contribution in [0.5, 0.6) is 0 Å². The number of nitrogens with zero attached hydrogens (tertiary/aromatic N) is 2. The zero-order chi connectivity index (χ0) is 13.5. The van der Waals surface area contributed by atoms with E-state index in [0.29, 0.717) is 12.1 Å². The van der Waals surface area contributed by atoms with E-state index in [4.69, 9.17) is 5.73 Å². The number of nitrogens with one attached hydrogen (secondary N) is 1. The number of halogens is 2. The molecule has 0 aliphatic carbocycles. The van der Waals surface area contributed by atoms with Gasteiger partial charge in [-0.25, -0.2) is 4.98 Å². The highest BCUT2D eigenvalue weighted by atomic mass is 35.5. The van der Waals surface area contributed by atoms with Crippen LogP contribution in [-0.2, 0) is 4.79 Å². The van der Waals surface area contributed by atoms with Crippen molar-refractivity contribution in [1.82, 2.24) is 4.98 Å². The summed E-state index contributed by atoms with van der Waals surface area (Å²) < 4.78 is 0. The molecule has 1 atom stereocenters. The zero-order valence-corrected chi connectivity index (χ0v) is 13.8. The van der Waals surface area contributed by atoms with Gasteiger partial charge in [0.2, 0.25) is 5.91 Å². The predicted molar refractivity (Wildman–Crippen MR) is 89.2 cm³/mol. The largest absolute Gasteiger partial charge is 0.357 e. The Bertz CT molecular complexity index is 382. The summed E-state index contributed by atoms with van der Waals surface area (Å²) in [5.74, 6) is 0.743. The molecular formula is C13H24Cl2N4O. The van der Waals surface area contributed by atoms with Crippen LogP contribution in [0.2, 0.25) is 0 Å². The van der Waals surface area contributed by atoms with Crippen molar-refractivity contribution in [2.24, 2.45) is 5.73 Å². The molecule has 0 spiro atoms. The molecular weight excluding hydrogens is 299 g/mol. The van der Waals surface area contributed by atoms with Gasteiger partial charge in [0.25, 0.3) is 0 Å². The zero-order valence-electron chi connectivity index (χ0n) is 12.1. The Kier molecular flexibility index (Phi) is 11.4. The standard InChI is InChI=1S/C13H22N4O.2ClH/c1-4-11(14)13(18)16-10-7-8-12(15-9-10)17(5-2)6-3;;/h7-9,11H,4-6,14H2,1-3H3,(H,16,18);2*1H/t11-;;/m0../s1. The molecule has 0 bridgehead atoms. The Balaban J connectivity index is 0. The van der Waals surface area contributed by atoms with Crippen LogP contribution in [-0.4, -0.2) is 30.0 Å². The Morgan fingerprint density at radius 2 is 1.90 bits per heavy atom. The maximum absolute atomic E-state index is 11.6. The molecule has 0 saturated carbocycles. The number of pyridine rings is 1. The first kappa shape index (κ1) is 21.3. The van der Waals surface area contributed by atoms with Gasteiger partial charge >= 0.3 is 0 Å². The van der Waals surface area contributed by atoms with Gasteiger partial charge in [-0.05, 0) is 32.4 Å². The van der Waals surface area contributed by atoms with Crippen molar-refractivity contribution in [3.05, 3.63) is 18.3 Å². The quantitative estimate of drug-likeness (QED) is 0.843. The second-order valence-corrected chi connectivity index (χ2v) is 4.08. The molecule has 0 aromatic carbocycles. The first-order valence-electron chi connectivity index (χ1n) is 6.39. The first-order chi connectivity index (χ1) is 8.62. The Labute approximate surface area is 133 Å². The minimum Gasteiger partial charge on any atom is -0.357 e. The lowest BCUT2D eigenvalue weighted by molar-refractivity contribution is -0.117. The molecule has 116 valence electrons. The van der Waals surface area contributed by atoms with Gasteiger partial charge < -0.3 is 16.0 Å². The lowest BCUT2D eigenvalue weighted by Crippen LogP contribution is -2.34. The summed E-state index contributed by atoms with van der Waals surface area (Å²) in [6.07, 6.45) is 2.28. The van der Waals surface area contributed by atoms with E-state index in [0.717, 1.165) is 18.9 Å². The average molecular weight is 323 g/mol. The molecule has 1 aromatic heterocycles. The van der Waals surface area contributed by atoms with E-state index < -0.39 is 6.04 Å². The number of nitrogens with two attached hydrogens (primary N) is 1. The molecule has 0 aliphatic heterocycles. The van der Waals surface area contributed by atoms with Crippen molar-refractivity contribution >= 4 is 42.2 Å². The van der Waals surface area contributed by atoms with Crippen molar-refractivity contribution in [3.8, 4) is 0 Å². The minimum absolute atomic E-state index is 0. The SMILES string of the molecule is CC[C@H](N)C(=O)Nc1ccc(N(CC)CC)nc1.Cl.Cl. The van der Waals surface area contributed by atoms with Gasteiger partial charge in [0.15, 0.2) is 0 Å². The highest BCUT2D eigenvalue weighted by Gasteiger charge is 2.11. The lowest BCUT2D eigenvalue weighted by Gasteiger charge is -2.19. The molecule has 20 heavy (non-hydrogen) atoms. The fourth-order valence-electron chi connectivity index (χ4n) is 1.62. The molecule has 0 aliphatic rings. The number of rotatable bonds is 6. The van der Waals surface area contributed by atoms with Crippen LogP contribution in [0.4, 0.5) is 11.5 Å². The third-order valence-electron chi connectivity index (χ3n) is 2.88. The maximum Gasteiger partial charge on any atom is 0.241 e. The van der Waals surface area contributed by atoms with Crippen molar-refractivity contribution in [2.45, 2.75) is 33.2 Å². The predicted octanol–water partition coefficient (Wildman–Crippen LogP) is 2.45. The second kappa shape index (κ2) is 10.7. The molecule has 5 nitrogen and oxygen atoms in total. The number of anilines is 2. The molecule has 7 heteroatoms. The average Bonchev–Trinajstić information content (AvgIpc) is 2.41. The Morgan fingerprint density at radius 1 is 1.30 bits per heavy atom. The molecule has 0 unspecified atom stereocenters. The van der Waals surface area contributed by atoms with Crippen molar-refractivity contribution in [2.75, 3.05) is 23.3 Å². The molecule has 0 saturated heterocycles. The van der Waals surface area contributed by atoms with Crippen LogP contribution in [0.25, 0.3) is 0 Å². The van der Waals surface area contributed by atoms with Gasteiger partial charge in [0, 0.05) is 13.1 Å². The second-order valence-electron chi connectivity index (χ2n) is 4.08. The topological polar surface area (TPSA) is 71.2 Å². The number of hydrogen-bond donors (Lipinski definition) is 2. The van der Waals surface area contributed by atoms with Gasteiger partial charge in [-0.1, -0.05) is 6.92 Å². The van der Waals surface area contributed by atoms with E-state index >= 15 is 0 Å². The number of hydrogen-bond acceptors (Lipinski definition) is 4. The Hall–Kier alpha value is -1.04. The van der Waals surface area contributed by atoms with Gasteiger partial charge in [0.1, 0.15) is 5.82 Å². The van der Waals surface area contributed by atoms with Crippen LogP contribution in [0.15, 0.2) is 18.3 Å². The van der Waals surface area contributed by atoms with Crippen LogP contribution in [0.3, 0.4) is 0 Å². The smallest absolute Gasteiger partial charge is 0.241 e. The van der Waals surface area contributed by atoms with Gasteiger partial charge in [-0.3, -0.25) is 4.79 Å². The van der Waals surface area contributed by atoms with Crippen molar-refractivity contribution in [3.63, 3.8) is 0 Å². The summed E-state index contributed by atoms with van der Waals surface area (Å²) in [6, 6.07) is 3.29. The maximum atomic E-state index is 11.6. The molecule has 3 N–H and O–H groups in total. The number of aromatic nitrogens is 1. The van der Waals surface area contributed by atoms with E-state index in [1.807, 2.05) is 19.1 Å². The number of amides is 1. The monoisotopic (exact) mass is 322 g/mol. The highest BCUT2D eigenvalue weighted by Crippen LogP contribution is 2.14. The molecule has 1 rings (SSSR count). The normalized spacial score (nSPS) is 10.8. The first-order valence-corrected chi connectivity index (χ1v) is 6.39.